The van der Waals surface area contributed by atoms with Crippen LogP contribution < -0.4 is 10.1 Å². The molecule has 0 unspecified atom stereocenters. The fourth-order valence-electron chi connectivity index (χ4n) is 3.56. The van der Waals surface area contributed by atoms with Crippen molar-refractivity contribution in [1.82, 2.24) is 15.1 Å². The average Bonchev–Trinajstić information content (AvgIpc) is 2.95. The molecule has 0 saturated carbocycles. The molecule has 1 fully saturated rings. The zero-order valence-corrected chi connectivity index (χ0v) is 18.6. The van der Waals surface area contributed by atoms with Crippen molar-refractivity contribution in [3.63, 3.8) is 0 Å². The Bertz CT molecular complexity index is 1250. The highest BCUT2D eigenvalue weighted by atomic mass is 127. The first-order chi connectivity index (χ1) is 14.1. The number of halogens is 3. The molecule has 7 nitrogen and oxygen atoms in total. The molecule has 1 N–H and O–H groups in total. The molecule has 0 radical (unpaired) electrons. The van der Waals surface area contributed by atoms with Crippen LogP contribution in [0.3, 0.4) is 0 Å². The van der Waals surface area contributed by atoms with Crippen molar-refractivity contribution in [2.45, 2.75) is 19.1 Å². The number of carbonyl (C=O) groups excluding carboxylic acids is 1. The second kappa shape index (κ2) is 7.45. The molecule has 1 saturated heterocycles. The lowest BCUT2D eigenvalue weighted by Crippen LogP contribution is -2.63. The van der Waals surface area contributed by atoms with Crippen molar-refractivity contribution in [3.8, 4) is 11.4 Å². The first kappa shape index (κ1) is 21.0. The third kappa shape index (κ3) is 4.13. The highest BCUT2D eigenvalue weighted by Gasteiger charge is 2.45. The van der Waals surface area contributed by atoms with Crippen LogP contribution in [0.15, 0.2) is 42.5 Å². The van der Waals surface area contributed by atoms with Crippen LogP contribution in [0.25, 0.3) is 16.6 Å². The van der Waals surface area contributed by atoms with Crippen molar-refractivity contribution in [2.24, 2.45) is 0 Å². The number of rotatable bonds is 5. The number of carbonyl (C=O) groups is 1. The summed E-state index contributed by atoms with van der Waals surface area (Å²) >= 11 is 2.03. The Morgan fingerprint density at radius 1 is 1.27 bits per heavy atom. The number of nitrogens with one attached hydrogen (secondary N) is 1. The minimum Gasteiger partial charge on any atom is -0.435 e. The standard InChI is InChI=1S/C19H16F2IN3O4S/c1-19(9-30(27,28)10-19)23-17(26)11-5-6-15-14(7-11)16(22)24-25(15)12-3-2-4-13(8-12)29-18(20)21/h2-8,18H,9-10H2,1H3,(H,23,26). The summed E-state index contributed by atoms with van der Waals surface area (Å²) < 4.78 is 54.6. The van der Waals surface area contributed by atoms with Gasteiger partial charge in [-0.1, -0.05) is 6.07 Å². The van der Waals surface area contributed by atoms with Crippen LogP contribution in [0.1, 0.15) is 17.3 Å². The lowest BCUT2D eigenvalue weighted by molar-refractivity contribution is -0.0498. The summed E-state index contributed by atoms with van der Waals surface area (Å²) in [6, 6.07) is 11.2. The summed E-state index contributed by atoms with van der Waals surface area (Å²) in [7, 11) is -3.08. The SMILES string of the molecule is CC1(NC(=O)c2ccc3c(c2)c(I)nn3-c2cccc(OC(F)F)c2)CS(=O)(=O)C1. The summed E-state index contributed by atoms with van der Waals surface area (Å²) in [6.07, 6.45) is 0. The zero-order chi connectivity index (χ0) is 21.7. The molecule has 0 bridgehead atoms. The normalized spacial score (nSPS) is 17.0. The third-order valence-corrected chi connectivity index (χ3v) is 7.63. The molecule has 1 amide bonds. The summed E-state index contributed by atoms with van der Waals surface area (Å²) in [5.74, 6) is -0.521. The van der Waals surface area contributed by atoms with Crippen LogP contribution in [0, 0.1) is 3.70 Å². The summed E-state index contributed by atoms with van der Waals surface area (Å²) in [4.78, 5) is 12.6. The molecular formula is C19H16F2IN3O4S. The van der Waals surface area contributed by atoms with Gasteiger partial charge < -0.3 is 10.1 Å². The maximum absolute atomic E-state index is 12.6. The molecule has 1 aliphatic heterocycles. The van der Waals surface area contributed by atoms with E-state index < -0.39 is 22.0 Å². The Labute approximate surface area is 184 Å². The zero-order valence-electron chi connectivity index (χ0n) is 15.6. The van der Waals surface area contributed by atoms with Gasteiger partial charge in [-0.25, -0.2) is 13.1 Å². The molecule has 0 spiro atoms. The maximum Gasteiger partial charge on any atom is 0.387 e. The Morgan fingerprint density at radius 2 is 2.00 bits per heavy atom. The van der Waals surface area contributed by atoms with E-state index in [-0.39, 0.29) is 23.2 Å². The van der Waals surface area contributed by atoms with E-state index in [2.05, 4.69) is 15.2 Å². The van der Waals surface area contributed by atoms with Gasteiger partial charge in [-0.15, -0.1) is 0 Å². The van der Waals surface area contributed by atoms with Gasteiger partial charge in [0.2, 0.25) is 0 Å². The van der Waals surface area contributed by atoms with Gasteiger partial charge in [-0.2, -0.15) is 13.9 Å². The average molecular weight is 547 g/mol. The fourth-order valence-corrected chi connectivity index (χ4v) is 6.21. The first-order valence-electron chi connectivity index (χ1n) is 8.82. The fraction of sp³-hybridized carbons (Fsp3) is 0.263. The number of ether oxygens (including phenoxy) is 1. The van der Waals surface area contributed by atoms with E-state index in [1.807, 2.05) is 22.6 Å². The van der Waals surface area contributed by atoms with Crippen molar-refractivity contribution in [3.05, 3.63) is 51.7 Å². The highest BCUT2D eigenvalue weighted by Crippen LogP contribution is 2.28. The molecule has 11 heteroatoms. The van der Waals surface area contributed by atoms with E-state index >= 15 is 0 Å². The molecule has 2 heterocycles. The van der Waals surface area contributed by atoms with Gasteiger partial charge in [0.1, 0.15) is 9.45 Å². The minimum absolute atomic E-state index is 0.0147. The van der Waals surface area contributed by atoms with Crippen molar-refractivity contribution in [2.75, 3.05) is 11.5 Å². The molecule has 0 atom stereocenters. The minimum atomic E-state index is -3.08. The number of alkyl halides is 2. The first-order valence-corrected chi connectivity index (χ1v) is 11.7. The lowest BCUT2D eigenvalue weighted by Gasteiger charge is -2.38. The predicted molar refractivity (Wildman–Crippen MR) is 115 cm³/mol. The van der Waals surface area contributed by atoms with E-state index in [9.17, 15) is 22.0 Å². The number of sulfone groups is 1. The molecule has 3 aromatic rings. The van der Waals surface area contributed by atoms with Gasteiger partial charge in [-0.3, -0.25) is 4.79 Å². The Balaban J connectivity index is 1.64. The van der Waals surface area contributed by atoms with Crippen LogP contribution in [-0.4, -0.2) is 47.8 Å². The number of aromatic nitrogens is 2. The second-order valence-electron chi connectivity index (χ2n) is 7.36. The molecule has 30 heavy (non-hydrogen) atoms. The number of hydrogen-bond donors (Lipinski definition) is 1. The van der Waals surface area contributed by atoms with Gasteiger partial charge >= 0.3 is 6.61 Å². The molecule has 0 aliphatic carbocycles. The molecular weight excluding hydrogens is 531 g/mol. The summed E-state index contributed by atoms with van der Waals surface area (Å²) in [5, 5.41) is 7.93. The summed E-state index contributed by atoms with van der Waals surface area (Å²) in [5.41, 5.74) is 0.821. The van der Waals surface area contributed by atoms with E-state index in [1.54, 1.807) is 41.9 Å². The monoisotopic (exact) mass is 547 g/mol. The van der Waals surface area contributed by atoms with Gasteiger partial charge in [0.25, 0.3) is 5.91 Å². The van der Waals surface area contributed by atoms with Gasteiger partial charge in [0.05, 0.1) is 28.2 Å². The molecule has 4 rings (SSSR count). The molecule has 1 aromatic heterocycles. The number of amides is 1. The Hall–Kier alpha value is -2.28. The number of fused-ring (bicyclic) bond motifs is 1. The summed E-state index contributed by atoms with van der Waals surface area (Å²) in [6.45, 7) is -1.23. The smallest absolute Gasteiger partial charge is 0.387 e. The van der Waals surface area contributed by atoms with Crippen LogP contribution >= 0.6 is 22.6 Å². The van der Waals surface area contributed by atoms with Crippen LogP contribution in [0.4, 0.5) is 8.78 Å². The van der Waals surface area contributed by atoms with Crippen LogP contribution in [0.5, 0.6) is 5.75 Å². The van der Waals surface area contributed by atoms with Crippen molar-refractivity contribution < 1.29 is 26.7 Å². The van der Waals surface area contributed by atoms with E-state index in [4.69, 9.17) is 0 Å². The Morgan fingerprint density at radius 3 is 2.67 bits per heavy atom. The second-order valence-corrected chi connectivity index (χ2v) is 10.4. The van der Waals surface area contributed by atoms with E-state index in [0.29, 0.717) is 25.9 Å². The molecule has 1 aliphatic rings. The van der Waals surface area contributed by atoms with E-state index in [1.165, 1.54) is 12.1 Å². The van der Waals surface area contributed by atoms with Crippen molar-refractivity contribution >= 4 is 49.2 Å². The topological polar surface area (TPSA) is 90.3 Å². The third-order valence-electron chi connectivity index (χ3n) is 4.68. The van der Waals surface area contributed by atoms with Gasteiger partial charge in [0.15, 0.2) is 9.84 Å². The lowest BCUT2D eigenvalue weighted by atomic mass is 10.1. The van der Waals surface area contributed by atoms with Crippen LogP contribution in [0.2, 0.25) is 0 Å². The number of hydrogen-bond acceptors (Lipinski definition) is 5. The van der Waals surface area contributed by atoms with Crippen LogP contribution in [-0.2, 0) is 9.84 Å². The Kier molecular flexibility index (Phi) is 5.21. The maximum atomic E-state index is 12.6. The largest absolute Gasteiger partial charge is 0.435 e. The van der Waals surface area contributed by atoms with Gasteiger partial charge in [-0.05, 0) is 59.8 Å². The van der Waals surface area contributed by atoms with E-state index in [0.717, 1.165) is 0 Å². The highest BCUT2D eigenvalue weighted by molar-refractivity contribution is 14.1. The van der Waals surface area contributed by atoms with Gasteiger partial charge in [0, 0.05) is 17.0 Å². The predicted octanol–water partition coefficient (Wildman–Crippen LogP) is 3.15. The molecule has 2 aromatic carbocycles. The van der Waals surface area contributed by atoms with Crippen molar-refractivity contribution in [1.29, 1.82) is 0 Å². The number of nitrogens with zero attached hydrogens (tertiary/aromatic N) is 2. The number of benzene rings is 2. The molecule has 158 valence electrons. The quantitative estimate of drug-likeness (QED) is 0.496.